The fraction of sp³-hybridized carbons (Fsp3) is 0.0769. The fourth-order valence-electron chi connectivity index (χ4n) is 1.77. The maximum absolute atomic E-state index is 5.94. The Kier molecular flexibility index (Phi) is 3.43. The van der Waals surface area contributed by atoms with E-state index < -0.39 is 0 Å². The number of hydrogen-bond acceptors (Lipinski definition) is 4. The predicted molar refractivity (Wildman–Crippen MR) is 84.6 cm³/mol. The molecule has 0 aliphatic heterocycles. The van der Waals surface area contributed by atoms with Crippen molar-refractivity contribution in [2.75, 3.05) is 5.32 Å². The Bertz CT molecular complexity index is 757. The van der Waals surface area contributed by atoms with Gasteiger partial charge in [-0.05, 0) is 63.6 Å². The second kappa shape index (κ2) is 5.07. The molecule has 3 rings (SSSR count). The van der Waals surface area contributed by atoms with Crippen LogP contribution in [0, 0.1) is 6.92 Å². The zero-order valence-electron chi connectivity index (χ0n) is 9.95. The molecule has 0 amide bonds. The number of aryl methyl sites for hydroxylation is 1. The van der Waals surface area contributed by atoms with Crippen LogP contribution < -0.4 is 5.32 Å². The molecule has 96 valence electrons. The molecule has 2 heterocycles. The molecular formula is C13H9BrClN3S. The van der Waals surface area contributed by atoms with Crippen molar-refractivity contribution >= 4 is 60.6 Å². The second-order valence-corrected chi connectivity index (χ2v) is 6.18. The van der Waals surface area contributed by atoms with Gasteiger partial charge in [0.15, 0.2) is 0 Å². The van der Waals surface area contributed by atoms with E-state index in [9.17, 15) is 0 Å². The molecule has 0 aliphatic rings. The fourth-order valence-corrected chi connectivity index (χ4v) is 3.35. The van der Waals surface area contributed by atoms with Crippen molar-refractivity contribution in [3.05, 3.63) is 45.0 Å². The lowest BCUT2D eigenvalue weighted by Gasteiger charge is -2.09. The van der Waals surface area contributed by atoms with E-state index in [1.165, 1.54) is 5.56 Å². The van der Waals surface area contributed by atoms with E-state index in [1.807, 2.05) is 30.5 Å². The number of anilines is 2. The summed E-state index contributed by atoms with van der Waals surface area (Å²) < 4.78 is 0.991. The van der Waals surface area contributed by atoms with E-state index in [2.05, 4.69) is 37.3 Å². The van der Waals surface area contributed by atoms with Gasteiger partial charge in [-0.3, -0.25) is 0 Å². The first-order valence-corrected chi connectivity index (χ1v) is 7.62. The van der Waals surface area contributed by atoms with Crippen LogP contribution in [0.15, 0.2) is 34.1 Å². The zero-order valence-corrected chi connectivity index (χ0v) is 13.1. The molecule has 19 heavy (non-hydrogen) atoms. The number of hydrogen-bond donors (Lipinski definition) is 1. The predicted octanol–water partition coefficient (Wildman–Crippen LogP) is 5.16. The van der Waals surface area contributed by atoms with Gasteiger partial charge in [0.2, 0.25) is 5.28 Å². The molecule has 3 nitrogen and oxygen atoms in total. The van der Waals surface area contributed by atoms with E-state index in [0.29, 0.717) is 0 Å². The molecule has 0 saturated heterocycles. The van der Waals surface area contributed by atoms with E-state index >= 15 is 0 Å². The largest absolute Gasteiger partial charge is 0.339 e. The number of aromatic nitrogens is 2. The Hall–Kier alpha value is -1.17. The quantitative estimate of drug-likeness (QED) is 0.646. The lowest BCUT2D eigenvalue weighted by atomic mass is 10.2. The van der Waals surface area contributed by atoms with E-state index in [1.54, 1.807) is 11.3 Å². The lowest BCUT2D eigenvalue weighted by molar-refractivity contribution is 1.23. The van der Waals surface area contributed by atoms with Crippen LogP contribution in [0.5, 0.6) is 0 Å². The highest BCUT2D eigenvalue weighted by atomic mass is 79.9. The molecule has 2 aromatic heterocycles. The molecule has 0 spiro atoms. The number of benzene rings is 1. The third-order valence-electron chi connectivity index (χ3n) is 2.68. The maximum Gasteiger partial charge on any atom is 0.225 e. The van der Waals surface area contributed by atoms with Crippen molar-refractivity contribution in [2.24, 2.45) is 0 Å². The molecule has 1 aromatic carbocycles. The highest BCUT2D eigenvalue weighted by molar-refractivity contribution is 9.10. The number of thiophene rings is 1. The smallest absolute Gasteiger partial charge is 0.225 e. The van der Waals surface area contributed by atoms with Gasteiger partial charge in [0.1, 0.15) is 10.6 Å². The summed E-state index contributed by atoms with van der Waals surface area (Å²) in [5, 5.41) is 6.50. The molecule has 0 bridgehead atoms. The first-order valence-electron chi connectivity index (χ1n) is 5.57. The Labute approximate surface area is 127 Å². The third-order valence-corrected chi connectivity index (χ3v) is 4.31. The summed E-state index contributed by atoms with van der Waals surface area (Å²) in [6, 6.07) is 8.09. The van der Waals surface area contributed by atoms with Crippen molar-refractivity contribution < 1.29 is 0 Å². The first-order chi connectivity index (χ1) is 9.13. The van der Waals surface area contributed by atoms with Crippen LogP contribution in [-0.2, 0) is 0 Å². The molecule has 0 fully saturated rings. The average Bonchev–Trinajstić information content (AvgIpc) is 2.80. The van der Waals surface area contributed by atoms with Gasteiger partial charge in [-0.2, -0.15) is 4.98 Å². The number of fused-ring (bicyclic) bond motifs is 1. The maximum atomic E-state index is 5.94. The molecule has 0 atom stereocenters. The van der Waals surface area contributed by atoms with Gasteiger partial charge in [0.25, 0.3) is 0 Å². The topological polar surface area (TPSA) is 37.8 Å². The zero-order chi connectivity index (χ0) is 13.4. The van der Waals surface area contributed by atoms with Crippen molar-refractivity contribution in [3.8, 4) is 0 Å². The average molecular weight is 355 g/mol. The second-order valence-electron chi connectivity index (χ2n) is 4.09. The van der Waals surface area contributed by atoms with Crippen molar-refractivity contribution in [1.82, 2.24) is 9.97 Å². The summed E-state index contributed by atoms with van der Waals surface area (Å²) in [5.41, 5.74) is 2.15. The number of halogens is 2. The Morgan fingerprint density at radius 2 is 2.11 bits per heavy atom. The molecule has 0 radical (unpaired) electrons. The number of rotatable bonds is 2. The van der Waals surface area contributed by atoms with Crippen LogP contribution in [0.4, 0.5) is 11.5 Å². The minimum Gasteiger partial charge on any atom is -0.339 e. The molecular weight excluding hydrogens is 346 g/mol. The lowest BCUT2D eigenvalue weighted by Crippen LogP contribution is -1.96. The number of nitrogens with one attached hydrogen (secondary N) is 1. The molecule has 3 aromatic rings. The van der Waals surface area contributed by atoms with Crippen molar-refractivity contribution in [3.63, 3.8) is 0 Å². The van der Waals surface area contributed by atoms with Gasteiger partial charge in [-0.1, -0.05) is 6.07 Å². The van der Waals surface area contributed by atoms with E-state index in [4.69, 9.17) is 11.6 Å². The molecule has 1 N–H and O–H groups in total. The number of nitrogens with zero attached hydrogens (tertiary/aromatic N) is 2. The van der Waals surface area contributed by atoms with Crippen molar-refractivity contribution in [2.45, 2.75) is 6.92 Å². The van der Waals surface area contributed by atoms with Gasteiger partial charge in [0.05, 0.1) is 11.1 Å². The van der Waals surface area contributed by atoms with Gasteiger partial charge < -0.3 is 5.32 Å². The summed E-state index contributed by atoms with van der Waals surface area (Å²) in [7, 11) is 0. The van der Waals surface area contributed by atoms with Crippen LogP contribution in [0.3, 0.4) is 0 Å². The molecule has 0 saturated carbocycles. The van der Waals surface area contributed by atoms with E-state index in [0.717, 1.165) is 26.2 Å². The normalized spacial score (nSPS) is 10.9. The minimum absolute atomic E-state index is 0.251. The van der Waals surface area contributed by atoms with Crippen LogP contribution in [0.2, 0.25) is 5.28 Å². The Morgan fingerprint density at radius 3 is 2.89 bits per heavy atom. The van der Waals surface area contributed by atoms with Crippen LogP contribution in [0.1, 0.15) is 5.56 Å². The van der Waals surface area contributed by atoms with Gasteiger partial charge in [-0.15, -0.1) is 11.3 Å². The standard InChI is InChI=1S/C13H9BrClN3S/c1-7-2-3-10(9(14)6-7)16-11-8-4-5-19-12(8)18-13(15)17-11/h2-6H,1H3,(H,16,17,18). The van der Waals surface area contributed by atoms with Gasteiger partial charge in [-0.25, -0.2) is 4.98 Å². The first kappa shape index (κ1) is 12.8. The summed E-state index contributed by atoms with van der Waals surface area (Å²) in [6.45, 7) is 2.05. The summed E-state index contributed by atoms with van der Waals surface area (Å²) >= 11 is 11.0. The summed E-state index contributed by atoms with van der Waals surface area (Å²) in [6.07, 6.45) is 0. The minimum atomic E-state index is 0.251. The van der Waals surface area contributed by atoms with Crippen LogP contribution in [0.25, 0.3) is 10.2 Å². The monoisotopic (exact) mass is 353 g/mol. The Morgan fingerprint density at radius 1 is 1.26 bits per heavy atom. The SMILES string of the molecule is Cc1ccc(Nc2nc(Cl)nc3sccc23)c(Br)c1. The van der Waals surface area contributed by atoms with Gasteiger partial charge >= 0.3 is 0 Å². The third kappa shape index (κ3) is 2.59. The summed E-state index contributed by atoms with van der Waals surface area (Å²) in [5.74, 6) is 0.723. The summed E-state index contributed by atoms with van der Waals surface area (Å²) in [4.78, 5) is 9.34. The highest BCUT2D eigenvalue weighted by Gasteiger charge is 2.09. The van der Waals surface area contributed by atoms with Crippen molar-refractivity contribution in [1.29, 1.82) is 0 Å². The van der Waals surface area contributed by atoms with Crippen LogP contribution in [-0.4, -0.2) is 9.97 Å². The van der Waals surface area contributed by atoms with E-state index in [-0.39, 0.29) is 5.28 Å². The van der Waals surface area contributed by atoms with Gasteiger partial charge in [0, 0.05) is 4.47 Å². The Balaban J connectivity index is 2.07. The molecule has 6 heteroatoms. The highest BCUT2D eigenvalue weighted by Crippen LogP contribution is 2.31. The van der Waals surface area contributed by atoms with Crippen LogP contribution >= 0.6 is 38.9 Å². The molecule has 0 aliphatic carbocycles. The molecule has 0 unspecified atom stereocenters.